The van der Waals surface area contributed by atoms with E-state index in [9.17, 15) is 14.4 Å². The molecule has 0 saturated carbocycles. The smallest absolute Gasteiger partial charge is 0.329 e. The van der Waals surface area contributed by atoms with Crippen LogP contribution in [0.3, 0.4) is 0 Å². The number of hydrazone groups is 1. The number of rotatable bonds is 8. The number of hydrogen-bond donors (Lipinski definition) is 3. The minimum absolute atomic E-state index is 0.101. The van der Waals surface area contributed by atoms with E-state index in [-0.39, 0.29) is 18.6 Å². The molecule has 0 fully saturated rings. The first-order valence-electron chi connectivity index (χ1n) is 9.71. The maximum absolute atomic E-state index is 12.2. The Morgan fingerprint density at radius 1 is 1.16 bits per heavy atom. The number of carbonyl (C=O) groups is 3. The van der Waals surface area contributed by atoms with Crippen molar-refractivity contribution in [1.29, 1.82) is 0 Å². The number of aryl methyl sites for hydroxylation is 1. The third kappa shape index (κ3) is 8.10. The highest BCUT2D eigenvalue weighted by Gasteiger charge is 2.14. The number of halogens is 1. The summed E-state index contributed by atoms with van der Waals surface area (Å²) in [6, 6.07) is 11.9. The van der Waals surface area contributed by atoms with Gasteiger partial charge in [0.15, 0.2) is 6.61 Å². The summed E-state index contributed by atoms with van der Waals surface area (Å²) in [6.07, 6.45) is 2.09. The Morgan fingerprint density at radius 2 is 1.94 bits per heavy atom. The molecule has 164 valence electrons. The van der Waals surface area contributed by atoms with Crippen molar-refractivity contribution >= 4 is 41.2 Å². The fraction of sp³-hybridized carbons (Fsp3) is 0.273. The number of nitrogens with zero attached hydrogens (tertiary/aromatic N) is 1. The van der Waals surface area contributed by atoms with E-state index in [0.29, 0.717) is 28.4 Å². The van der Waals surface area contributed by atoms with Crippen molar-refractivity contribution in [1.82, 2.24) is 10.7 Å². The Labute approximate surface area is 186 Å². The van der Waals surface area contributed by atoms with Gasteiger partial charge < -0.3 is 15.4 Å². The summed E-state index contributed by atoms with van der Waals surface area (Å²) in [4.78, 5) is 35.5. The summed E-state index contributed by atoms with van der Waals surface area (Å²) >= 11 is 5.95. The maximum atomic E-state index is 12.2. The first kappa shape index (κ1) is 23.9. The Morgan fingerprint density at radius 3 is 2.68 bits per heavy atom. The summed E-state index contributed by atoms with van der Waals surface area (Å²) in [5.41, 5.74) is 4.29. The van der Waals surface area contributed by atoms with E-state index in [0.717, 1.165) is 5.56 Å². The molecule has 9 heteroatoms. The minimum Gasteiger partial charge on any atom is -0.484 e. The zero-order valence-electron chi connectivity index (χ0n) is 17.6. The minimum atomic E-state index is -0.850. The zero-order chi connectivity index (χ0) is 22.8. The lowest BCUT2D eigenvalue weighted by Crippen LogP contribution is -2.41. The van der Waals surface area contributed by atoms with Crippen LogP contribution in [0.1, 0.15) is 31.4 Å². The Balaban J connectivity index is 1.86. The van der Waals surface area contributed by atoms with Gasteiger partial charge in [-0.15, -0.1) is 0 Å². The van der Waals surface area contributed by atoms with Crippen molar-refractivity contribution in [2.24, 2.45) is 5.10 Å². The van der Waals surface area contributed by atoms with Crippen LogP contribution in [0, 0.1) is 6.92 Å². The second kappa shape index (κ2) is 11.7. The topological polar surface area (TPSA) is 109 Å². The number of anilines is 1. The molecule has 0 heterocycles. The van der Waals surface area contributed by atoms with Crippen molar-refractivity contribution < 1.29 is 19.1 Å². The van der Waals surface area contributed by atoms with E-state index in [1.807, 2.05) is 19.9 Å². The quantitative estimate of drug-likeness (QED) is 0.330. The van der Waals surface area contributed by atoms with Crippen molar-refractivity contribution in [3.05, 3.63) is 58.6 Å². The van der Waals surface area contributed by atoms with Crippen molar-refractivity contribution in [2.75, 3.05) is 11.9 Å². The Hall–Kier alpha value is -3.39. The highest BCUT2D eigenvalue weighted by atomic mass is 35.5. The average molecular weight is 445 g/mol. The Bertz CT molecular complexity index is 978. The second-order valence-electron chi connectivity index (χ2n) is 6.85. The van der Waals surface area contributed by atoms with Gasteiger partial charge in [-0.25, -0.2) is 5.43 Å². The summed E-state index contributed by atoms with van der Waals surface area (Å²) in [5, 5.41) is 9.60. The van der Waals surface area contributed by atoms with Gasteiger partial charge in [0.1, 0.15) is 5.75 Å². The number of ether oxygens (including phenoxy) is 1. The molecule has 2 aromatic rings. The molecule has 0 unspecified atom stereocenters. The predicted octanol–water partition coefficient (Wildman–Crippen LogP) is 3.03. The molecule has 0 spiro atoms. The number of amides is 3. The first-order valence-corrected chi connectivity index (χ1v) is 10.1. The molecule has 31 heavy (non-hydrogen) atoms. The second-order valence-corrected chi connectivity index (χ2v) is 7.29. The summed E-state index contributed by atoms with van der Waals surface area (Å²) in [7, 11) is 0. The lowest BCUT2D eigenvalue weighted by Gasteiger charge is -2.10. The molecule has 0 aliphatic heterocycles. The molecule has 0 aromatic heterocycles. The average Bonchev–Trinajstić information content (AvgIpc) is 2.75. The zero-order valence-corrected chi connectivity index (χ0v) is 18.3. The van der Waals surface area contributed by atoms with Crippen molar-refractivity contribution in [3.8, 4) is 5.75 Å². The monoisotopic (exact) mass is 444 g/mol. The number of carbonyl (C=O) groups excluding carboxylic acids is 3. The molecule has 3 amide bonds. The van der Waals surface area contributed by atoms with Crippen LogP contribution in [0.2, 0.25) is 5.02 Å². The third-order valence-corrected chi connectivity index (χ3v) is 4.51. The van der Waals surface area contributed by atoms with Crippen LogP contribution in [0.15, 0.2) is 47.6 Å². The predicted molar refractivity (Wildman–Crippen MR) is 120 cm³/mol. The van der Waals surface area contributed by atoms with E-state index in [1.54, 1.807) is 43.3 Å². The molecule has 3 N–H and O–H groups in total. The van der Waals surface area contributed by atoms with Gasteiger partial charge in [0.05, 0.1) is 6.21 Å². The molecule has 1 atom stereocenters. The van der Waals surface area contributed by atoms with E-state index in [2.05, 4.69) is 21.2 Å². The fourth-order valence-corrected chi connectivity index (χ4v) is 2.53. The van der Waals surface area contributed by atoms with Gasteiger partial charge in [0, 0.05) is 16.8 Å². The van der Waals surface area contributed by atoms with Crippen LogP contribution in [0.25, 0.3) is 0 Å². The van der Waals surface area contributed by atoms with E-state index in [1.165, 1.54) is 6.21 Å². The molecule has 0 radical (unpaired) electrons. The van der Waals surface area contributed by atoms with Gasteiger partial charge >= 0.3 is 11.8 Å². The molecule has 8 nitrogen and oxygen atoms in total. The summed E-state index contributed by atoms with van der Waals surface area (Å²) < 4.78 is 5.51. The van der Waals surface area contributed by atoms with Gasteiger partial charge in [0.25, 0.3) is 5.91 Å². The molecule has 2 aromatic carbocycles. The van der Waals surface area contributed by atoms with E-state index in [4.69, 9.17) is 16.3 Å². The summed E-state index contributed by atoms with van der Waals surface area (Å²) in [5.74, 6) is -1.48. The molecular formula is C22H25ClN4O4. The van der Waals surface area contributed by atoms with Gasteiger partial charge in [-0.05, 0) is 55.7 Å². The lowest BCUT2D eigenvalue weighted by molar-refractivity contribution is -0.139. The van der Waals surface area contributed by atoms with Gasteiger partial charge in [-0.3, -0.25) is 14.4 Å². The molecule has 0 bridgehead atoms. The largest absolute Gasteiger partial charge is 0.484 e. The number of nitrogens with one attached hydrogen (secondary N) is 3. The highest BCUT2D eigenvalue weighted by Crippen LogP contribution is 2.20. The molecular weight excluding hydrogens is 420 g/mol. The third-order valence-electron chi connectivity index (χ3n) is 4.28. The normalized spacial score (nSPS) is 11.6. The van der Waals surface area contributed by atoms with Gasteiger partial charge in [-0.1, -0.05) is 36.7 Å². The SMILES string of the molecule is CC[C@H](C)NC(=O)C(=O)N/N=C\c1cccc(OCC(=O)Nc2cc(Cl)ccc2C)c1. The standard InChI is InChI=1S/C22H25ClN4O4/c1-4-15(3)25-21(29)22(30)27-24-12-16-6-5-7-18(10-16)31-13-20(28)26-19-11-17(23)9-8-14(19)2/h5-12,15H,4,13H2,1-3H3,(H,25,29)(H,26,28)(H,27,30)/b24-12-/t15-/m0/s1. The number of benzene rings is 2. The summed E-state index contributed by atoms with van der Waals surface area (Å²) in [6.45, 7) is 5.37. The molecule has 0 aliphatic rings. The lowest BCUT2D eigenvalue weighted by atomic mass is 10.2. The maximum Gasteiger partial charge on any atom is 0.329 e. The van der Waals surface area contributed by atoms with Crippen molar-refractivity contribution in [2.45, 2.75) is 33.2 Å². The van der Waals surface area contributed by atoms with Crippen LogP contribution in [-0.4, -0.2) is 36.6 Å². The van der Waals surface area contributed by atoms with Gasteiger partial charge in [0.2, 0.25) is 0 Å². The molecule has 0 saturated heterocycles. The number of hydrogen-bond acceptors (Lipinski definition) is 5. The van der Waals surface area contributed by atoms with Crippen LogP contribution in [0.5, 0.6) is 5.75 Å². The van der Waals surface area contributed by atoms with Gasteiger partial charge in [-0.2, -0.15) is 5.10 Å². The molecule has 0 aliphatic carbocycles. The van der Waals surface area contributed by atoms with Crippen LogP contribution >= 0.6 is 11.6 Å². The first-order chi connectivity index (χ1) is 14.8. The highest BCUT2D eigenvalue weighted by molar-refractivity contribution is 6.35. The van der Waals surface area contributed by atoms with Crippen LogP contribution in [-0.2, 0) is 14.4 Å². The molecule has 2 rings (SSSR count). The van der Waals surface area contributed by atoms with E-state index < -0.39 is 11.8 Å². The van der Waals surface area contributed by atoms with Crippen LogP contribution in [0.4, 0.5) is 5.69 Å². The van der Waals surface area contributed by atoms with Crippen molar-refractivity contribution in [3.63, 3.8) is 0 Å². The van der Waals surface area contributed by atoms with Crippen LogP contribution < -0.4 is 20.8 Å². The Kier molecular flexibility index (Phi) is 9.02. The fourth-order valence-electron chi connectivity index (χ4n) is 2.36. The van der Waals surface area contributed by atoms with E-state index >= 15 is 0 Å².